The quantitative estimate of drug-likeness (QED) is 0.408. The Morgan fingerprint density at radius 3 is 2.46 bits per heavy atom. The van der Waals surface area contributed by atoms with Crippen molar-refractivity contribution in [2.24, 2.45) is 0 Å². The Labute approximate surface area is 242 Å². The molecule has 4 aliphatic heterocycles. The van der Waals surface area contributed by atoms with E-state index in [1.54, 1.807) is 0 Å². The van der Waals surface area contributed by atoms with Crippen LogP contribution in [0.15, 0.2) is 42.5 Å². The number of carbonyl (C=O) groups is 1. The predicted molar refractivity (Wildman–Crippen MR) is 162 cm³/mol. The molecule has 1 atom stereocenters. The highest BCUT2D eigenvalue weighted by molar-refractivity contribution is 6.08. The molecule has 0 radical (unpaired) electrons. The average Bonchev–Trinajstić information content (AvgIpc) is 3.79. The van der Waals surface area contributed by atoms with Gasteiger partial charge in [0.25, 0.3) is 5.91 Å². The normalized spacial score (nSPS) is 21.2. The topological polar surface area (TPSA) is 70.2 Å². The molecule has 216 valence electrons. The fourth-order valence-electron chi connectivity index (χ4n) is 6.98. The summed E-state index contributed by atoms with van der Waals surface area (Å²) in [7, 11) is 0. The second kappa shape index (κ2) is 11.9. The molecule has 8 heteroatoms. The lowest BCUT2D eigenvalue weighted by atomic mass is 9.99. The van der Waals surface area contributed by atoms with Gasteiger partial charge in [0.2, 0.25) is 6.79 Å². The molecule has 0 aliphatic carbocycles. The van der Waals surface area contributed by atoms with Crippen LogP contribution in [0.5, 0.6) is 11.5 Å². The third-order valence-electron chi connectivity index (χ3n) is 9.23. The average molecular weight is 556 g/mol. The third-order valence-corrected chi connectivity index (χ3v) is 9.23. The molecule has 0 bridgehead atoms. The van der Waals surface area contributed by atoms with Crippen molar-refractivity contribution in [2.75, 3.05) is 64.5 Å². The van der Waals surface area contributed by atoms with Gasteiger partial charge in [0.05, 0.1) is 11.1 Å². The minimum Gasteiger partial charge on any atom is -0.454 e. The van der Waals surface area contributed by atoms with Crippen molar-refractivity contribution in [3.05, 3.63) is 48.0 Å². The van der Waals surface area contributed by atoms with E-state index in [1.807, 2.05) is 30.3 Å². The van der Waals surface area contributed by atoms with E-state index < -0.39 is 0 Å². The molecule has 1 N–H and O–H groups in total. The van der Waals surface area contributed by atoms with Crippen LogP contribution in [0.2, 0.25) is 0 Å². The van der Waals surface area contributed by atoms with E-state index in [1.165, 1.54) is 45.2 Å². The highest BCUT2D eigenvalue weighted by Gasteiger charge is 2.32. The van der Waals surface area contributed by atoms with E-state index in [0.29, 0.717) is 0 Å². The number of anilines is 1. The zero-order valence-corrected chi connectivity index (χ0v) is 23.9. The molecular weight excluding hydrogens is 514 g/mol. The SMILES string of the molecule is O=C(c1cc(NCCN2CCCCC2)nc2ccc(-c3ccc4c(c3)OCO4)cc12)N1CCC[C@H]1CN1CCCC1. The van der Waals surface area contributed by atoms with Crippen LogP contribution in [0.3, 0.4) is 0 Å². The Morgan fingerprint density at radius 2 is 1.59 bits per heavy atom. The largest absolute Gasteiger partial charge is 0.454 e. The third kappa shape index (κ3) is 5.72. The fourth-order valence-corrected chi connectivity index (χ4v) is 6.98. The molecule has 0 saturated carbocycles. The van der Waals surface area contributed by atoms with Crippen LogP contribution in [0.4, 0.5) is 5.82 Å². The van der Waals surface area contributed by atoms with Crippen molar-refractivity contribution >= 4 is 22.6 Å². The van der Waals surface area contributed by atoms with Crippen molar-refractivity contribution < 1.29 is 14.3 Å². The number of amides is 1. The molecule has 3 fully saturated rings. The van der Waals surface area contributed by atoms with E-state index >= 15 is 0 Å². The van der Waals surface area contributed by atoms with Gasteiger partial charge in [-0.3, -0.25) is 4.79 Å². The summed E-state index contributed by atoms with van der Waals surface area (Å²) in [5, 5.41) is 4.45. The number of aromatic nitrogens is 1. The number of rotatable bonds is 8. The smallest absolute Gasteiger partial charge is 0.254 e. The summed E-state index contributed by atoms with van der Waals surface area (Å²) in [4.78, 5) is 26.5. The molecule has 3 saturated heterocycles. The summed E-state index contributed by atoms with van der Waals surface area (Å²) in [5.41, 5.74) is 3.65. The number of hydrogen-bond donors (Lipinski definition) is 1. The van der Waals surface area contributed by atoms with E-state index in [2.05, 4.69) is 32.1 Å². The zero-order chi connectivity index (χ0) is 27.6. The minimum atomic E-state index is 0.126. The fraction of sp³-hybridized carbons (Fsp3) is 0.515. The number of nitrogens with one attached hydrogen (secondary N) is 1. The number of carbonyl (C=O) groups excluding carboxylic acids is 1. The number of pyridine rings is 1. The molecular formula is C33H41N5O3. The summed E-state index contributed by atoms with van der Waals surface area (Å²) < 4.78 is 11.1. The van der Waals surface area contributed by atoms with Crippen molar-refractivity contribution in [1.82, 2.24) is 19.7 Å². The number of nitrogens with zero attached hydrogens (tertiary/aromatic N) is 4. The molecule has 4 aliphatic rings. The van der Waals surface area contributed by atoms with Gasteiger partial charge in [-0.05, 0) is 106 Å². The molecule has 0 unspecified atom stereocenters. The number of piperidine rings is 1. The molecule has 5 heterocycles. The first-order chi connectivity index (χ1) is 20.2. The summed E-state index contributed by atoms with van der Waals surface area (Å²) >= 11 is 0. The molecule has 0 spiro atoms. The van der Waals surface area contributed by atoms with Crippen LogP contribution >= 0.6 is 0 Å². The van der Waals surface area contributed by atoms with Crippen LogP contribution in [-0.2, 0) is 0 Å². The van der Waals surface area contributed by atoms with E-state index in [-0.39, 0.29) is 18.7 Å². The maximum absolute atomic E-state index is 14.3. The van der Waals surface area contributed by atoms with Gasteiger partial charge in [-0.15, -0.1) is 0 Å². The number of benzene rings is 2. The van der Waals surface area contributed by atoms with Gasteiger partial charge >= 0.3 is 0 Å². The second-order valence-electron chi connectivity index (χ2n) is 12.0. The van der Waals surface area contributed by atoms with Crippen LogP contribution in [0, 0.1) is 0 Å². The standard InChI is InChI=1S/C33H41N5O3/c39-33(38-17-6-7-26(38)22-37-15-4-5-16-37)28-21-32(34-12-18-36-13-2-1-3-14-36)35-29-10-8-24(19-27(28)29)25-9-11-30-31(20-25)41-23-40-30/h8-11,19-21,26H,1-7,12-18,22-23H2,(H,34,35)/t26-/m0/s1. The Kier molecular flexibility index (Phi) is 7.68. The lowest BCUT2D eigenvalue weighted by Gasteiger charge is -2.29. The van der Waals surface area contributed by atoms with Crippen molar-refractivity contribution in [2.45, 2.75) is 51.0 Å². The Bertz CT molecular complexity index is 1400. The zero-order valence-electron chi connectivity index (χ0n) is 23.9. The first kappa shape index (κ1) is 26.5. The summed E-state index contributed by atoms with van der Waals surface area (Å²) in [5.74, 6) is 2.43. The molecule has 41 heavy (non-hydrogen) atoms. The van der Waals surface area contributed by atoms with E-state index in [0.717, 1.165) is 97.0 Å². The van der Waals surface area contributed by atoms with Gasteiger partial charge in [-0.2, -0.15) is 0 Å². The van der Waals surface area contributed by atoms with E-state index in [9.17, 15) is 4.79 Å². The second-order valence-corrected chi connectivity index (χ2v) is 12.0. The van der Waals surface area contributed by atoms with Crippen molar-refractivity contribution in [3.8, 4) is 22.6 Å². The first-order valence-electron chi connectivity index (χ1n) is 15.6. The van der Waals surface area contributed by atoms with Crippen LogP contribution in [-0.4, -0.2) is 90.8 Å². The van der Waals surface area contributed by atoms with Gasteiger partial charge in [0, 0.05) is 37.6 Å². The Balaban J connectivity index is 1.20. The summed E-state index contributed by atoms with van der Waals surface area (Å²) in [6.45, 7) is 8.53. The van der Waals surface area contributed by atoms with Gasteiger partial charge in [-0.1, -0.05) is 18.6 Å². The van der Waals surface area contributed by atoms with Gasteiger partial charge in [-0.25, -0.2) is 4.98 Å². The first-order valence-corrected chi connectivity index (χ1v) is 15.6. The summed E-state index contributed by atoms with van der Waals surface area (Å²) in [6, 6.07) is 14.5. The highest BCUT2D eigenvalue weighted by Crippen LogP contribution is 2.37. The van der Waals surface area contributed by atoms with E-state index in [4.69, 9.17) is 14.5 Å². The molecule has 2 aromatic carbocycles. The maximum Gasteiger partial charge on any atom is 0.254 e. The van der Waals surface area contributed by atoms with Gasteiger partial charge in [0.1, 0.15) is 5.82 Å². The van der Waals surface area contributed by atoms with Crippen LogP contribution in [0.1, 0.15) is 55.3 Å². The maximum atomic E-state index is 14.3. The molecule has 7 rings (SSSR count). The molecule has 1 amide bonds. The van der Waals surface area contributed by atoms with Gasteiger partial charge in [0.15, 0.2) is 11.5 Å². The summed E-state index contributed by atoms with van der Waals surface area (Å²) in [6.07, 6.45) is 8.59. The van der Waals surface area contributed by atoms with Gasteiger partial charge < -0.3 is 29.5 Å². The molecule has 3 aromatic rings. The number of ether oxygens (including phenoxy) is 2. The lowest BCUT2D eigenvalue weighted by molar-refractivity contribution is 0.0710. The van der Waals surface area contributed by atoms with Crippen molar-refractivity contribution in [1.29, 1.82) is 0 Å². The molecule has 1 aromatic heterocycles. The lowest BCUT2D eigenvalue weighted by Crippen LogP contribution is -2.42. The number of fused-ring (bicyclic) bond motifs is 2. The minimum absolute atomic E-state index is 0.126. The predicted octanol–water partition coefficient (Wildman–Crippen LogP) is 5.23. The highest BCUT2D eigenvalue weighted by atomic mass is 16.7. The monoisotopic (exact) mass is 555 g/mol. The Morgan fingerprint density at radius 1 is 0.829 bits per heavy atom. The number of likely N-dealkylation sites (tertiary alicyclic amines) is 3. The van der Waals surface area contributed by atoms with Crippen LogP contribution < -0.4 is 14.8 Å². The molecule has 8 nitrogen and oxygen atoms in total. The Hall–Kier alpha value is -3.36. The van der Waals surface area contributed by atoms with Crippen molar-refractivity contribution in [3.63, 3.8) is 0 Å². The number of hydrogen-bond acceptors (Lipinski definition) is 7. The van der Waals surface area contributed by atoms with Crippen LogP contribution in [0.25, 0.3) is 22.0 Å².